The van der Waals surface area contributed by atoms with Crippen LogP contribution in [0.2, 0.25) is 0 Å². The lowest BCUT2D eigenvalue weighted by Crippen LogP contribution is -2.55. The van der Waals surface area contributed by atoms with Crippen molar-refractivity contribution in [2.45, 2.75) is 50.2 Å². The molecule has 0 aliphatic carbocycles. The lowest BCUT2D eigenvalue weighted by molar-refractivity contribution is -0.131. The van der Waals surface area contributed by atoms with Crippen LogP contribution in [0, 0.1) is 11.3 Å². The second-order valence-electron chi connectivity index (χ2n) is 11.8. The molecular formula is C33H34N6O3. The average molecular weight is 563 g/mol. The zero-order chi connectivity index (χ0) is 28.8. The molecule has 0 saturated carbocycles. The highest BCUT2D eigenvalue weighted by Gasteiger charge is 2.42. The molecule has 3 fully saturated rings. The van der Waals surface area contributed by atoms with E-state index in [4.69, 9.17) is 20.0 Å². The number of aromatic hydroxyl groups is 1. The first kappa shape index (κ1) is 26.5. The minimum atomic E-state index is -0.103. The van der Waals surface area contributed by atoms with E-state index in [1.54, 1.807) is 12.1 Å². The normalized spacial score (nSPS) is 22.1. The highest BCUT2D eigenvalue weighted by atomic mass is 16.5. The van der Waals surface area contributed by atoms with Crippen LogP contribution in [-0.2, 0) is 4.79 Å². The maximum Gasteiger partial charge on any atom is 0.319 e. The summed E-state index contributed by atoms with van der Waals surface area (Å²) >= 11 is 0. The van der Waals surface area contributed by atoms with Gasteiger partial charge in [-0.15, -0.1) is 0 Å². The van der Waals surface area contributed by atoms with Crippen LogP contribution in [0.15, 0.2) is 54.6 Å². The lowest BCUT2D eigenvalue weighted by Gasteiger charge is -2.42. The van der Waals surface area contributed by atoms with Gasteiger partial charge in [-0.3, -0.25) is 4.79 Å². The largest absolute Gasteiger partial charge is 0.508 e. The number of rotatable bonds is 6. The molecule has 3 aromatic carbocycles. The number of benzene rings is 3. The van der Waals surface area contributed by atoms with Crippen LogP contribution < -0.4 is 9.64 Å². The number of nitriles is 1. The van der Waals surface area contributed by atoms with E-state index in [0.717, 1.165) is 70.8 Å². The van der Waals surface area contributed by atoms with Gasteiger partial charge in [0.05, 0.1) is 11.6 Å². The quantitative estimate of drug-likeness (QED) is 0.360. The Labute approximate surface area is 244 Å². The fraction of sp³-hybridized carbons (Fsp3) is 0.394. The first-order chi connectivity index (χ1) is 20.5. The number of phenolic OH excluding ortho intramolecular Hbond substituents is 1. The van der Waals surface area contributed by atoms with Gasteiger partial charge < -0.3 is 24.5 Å². The molecule has 4 aromatic rings. The van der Waals surface area contributed by atoms with Gasteiger partial charge in [-0.1, -0.05) is 30.3 Å². The Balaban J connectivity index is 1.30. The number of fused-ring (bicyclic) bond motifs is 4. The van der Waals surface area contributed by atoms with Gasteiger partial charge in [0, 0.05) is 36.6 Å². The SMILES string of the molecule is CN1CCC[C@H]1COc1nc(N2C3CCC2CN(C(=O)CC#N)C3)c2ccc(-c3cc(O)cc4ccccc34)cc2n1. The second-order valence-corrected chi connectivity index (χ2v) is 11.8. The smallest absolute Gasteiger partial charge is 0.319 e. The molecule has 42 heavy (non-hydrogen) atoms. The Hall–Kier alpha value is -4.42. The molecule has 1 N–H and O–H groups in total. The van der Waals surface area contributed by atoms with Crippen LogP contribution in [-0.4, -0.2) is 82.2 Å². The number of aromatic nitrogens is 2. The summed E-state index contributed by atoms with van der Waals surface area (Å²) in [6.45, 7) is 2.76. The predicted octanol–water partition coefficient (Wildman–Crippen LogP) is 4.72. The van der Waals surface area contributed by atoms with E-state index in [9.17, 15) is 9.90 Å². The number of carbonyl (C=O) groups excluding carboxylic acids is 1. The standard InChI is InChI=1S/C33H34N6O3/c1-37-14-4-6-25(37)20-42-33-35-30-16-22(29-17-26(40)15-21-5-2-3-7-27(21)29)8-11-28(30)32(36-33)39-23-9-10-24(39)19-38(18-23)31(41)12-13-34/h2-3,5,7-8,11,15-17,23-25,40H,4,6,9-10,12,14,18-20H2,1H3/t23?,24?,25-/m0/s1. The van der Waals surface area contributed by atoms with E-state index >= 15 is 0 Å². The molecule has 9 heteroatoms. The van der Waals surface area contributed by atoms with Crippen LogP contribution in [0.25, 0.3) is 32.8 Å². The molecule has 7 rings (SSSR count). The molecule has 3 aliphatic rings. The monoisotopic (exact) mass is 562 g/mol. The molecule has 1 aromatic heterocycles. The van der Waals surface area contributed by atoms with Gasteiger partial charge in [0.15, 0.2) is 0 Å². The van der Waals surface area contributed by atoms with E-state index in [1.807, 2.05) is 29.2 Å². The van der Waals surface area contributed by atoms with Crippen LogP contribution in [0.1, 0.15) is 32.1 Å². The lowest BCUT2D eigenvalue weighted by atomic mass is 9.97. The Morgan fingerprint density at radius 1 is 1.05 bits per heavy atom. The van der Waals surface area contributed by atoms with Gasteiger partial charge >= 0.3 is 6.01 Å². The zero-order valence-electron chi connectivity index (χ0n) is 23.7. The summed E-state index contributed by atoms with van der Waals surface area (Å²) in [5.74, 6) is 0.952. The number of hydrogen-bond donors (Lipinski definition) is 1. The Morgan fingerprint density at radius 3 is 2.62 bits per heavy atom. The first-order valence-electron chi connectivity index (χ1n) is 14.8. The number of amides is 1. The summed E-state index contributed by atoms with van der Waals surface area (Å²) in [5, 5.41) is 22.5. The molecule has 2 bridgehead atoms. The maximum absolute atomic E-state index is 12.6. The van der Waals surface area contributed by atoms with Crippen molar-refractivity contribution in [1.82, 2.24) is 19.8 Å². The van der Waals surface area contributed by atoms with Gasteiger partial charge in [-0.2, -0.15) is 15.2 Å². The topological polar surface area (TPSA) is 106 Å². The van der Waals surface area contributed by atoms with Gasteiger partial charge in [0.1, 0.15) is 24.6 Å². The molecule has 214 valence electrons. The molecular weight excluding hydrogens is 528 g/mol. The van der Waals surface area contributed by atoms with Crippen LogP contribution in [0.4, 0.5) is 5.82 Å². The molecule has 0 radical (unpaired) electrons. The van der Waals surface area contributed by atoms with E-state index in [0.29, 0.717) is 31.7 Å². The molecule has 2 unspecified atom stereocenters. The third kappa shape index (κ3) is 4.76. The molecule has 9 nitrogen and oxygen atoms in total. The van der Waals surface area contributed by atoms with Crippen LogP contribution in [0.5, 0.6) is 11.8 Å². The van der Waals surface area contributed by atoms with E-state index < -0.39 is 0 Å². The van der Waals surface area contributed by atoms with E-state index in [-0.39, 0.29) is 30.2 Å². The van der Waals surface area contributed by atoms with E-state index in [1.165, 1.54) is 0 Å². The highest BCUT2D eigenvalue weighted by molar-refractivity contribution is 6.01. The highest BCUT2D eigenvalue weighted by Crippen LogP contribution is 2.40. The molecule has 4 heterocycles. The Bertz CT molecular complexity index is 1700. The van der Waals surface area contributed by atoms with Gasteiger partial charge in [0.25, 0.3) is 0 Å². The van der Waals surface area contributed by atoms with Crippen LogP contribution >= 0.6 is 0 Å². The first-order valence-corrected chi connectivity index (χ1v) is 14.8. The number of carbonyl (C=O) groups is 1. The fourth-order valence-corrected chi connectivity index (χ4v) is 7.05. The van der Waals surface area contributed by atoms with E-state index in [2.05, 4.69) is 41.1 Å². The summed E-state index contributed by atoms with van der Waals surface area (Å²) in [7, 11) is 2.13. The summed E-state index contributed by atoms with van der Waals surface area (Å²) in [4.78, 5) is 29.0. The summed E-state index contributed by atoms with van der Waals surface area (Å²) in [5.41, 5.74) is 2.67. The Kier molecular flexibility index (Phi) is 6.79. The number of nitrogens with zero attached hydrogens (tertiary/aromatic N) is 6. The average Bonchev–Trinajstić information content (AvgIpc) is 3.52. The van der Waals surface area contributed by atoms with Crippen molar-refractivity contribution in [3.63, 3.8) is 0 Å². The van der Waals surface area contributed by atoms with Gasteiger partial charge in [-0.25, -0.2) is 0 Å². The number of phenols is 1. The van der Waals surface area contributed by atoms with Crippen molar-refractivity contribution in [3.8, 4) is 29.0 Å². The van der Waals surface area contributed by atoms with Crippen molar-refractivity contribution in [2.75, 3.05) is 38.2 Å². The molecule has 0 spiro atoms. The Morgan fingerprint density at radius 2 is 1.86 bits per heavy atom. The van der Waals surface area contributed by atoms with Crippen molar-refractivity contribution < 1.29 is 14.6 Å². The number of likely N-dealkylation sites (N-methyl/N-ethyl adjacent to an activating group) is 1. The molecule has 3 aliphatic heterocycles. The number of ether oxygens (including phenoxy) is 1. The predicted molar refractivity (Wildman–Crippen MR) is 161 cm³/mol. The molecule has 1 amide bonds. The molecule has 3 saturated heterocycles. The fourth-order valence-electron chi connectivity index (χ4n) is 7.05. The maximum atomic E-state index is 12.6. The van der Waals surface area contributed by atoms with Crippen molar-refractivity contribution in [3.05, 3.63) is 54.6 Å². The summed E-state index contributed by atoms with van der Waals surface area (Å²) < 4.78 is 6.29. The minimum absolute atomic E-state index is 0.0873. The number of hydrogen-bond acceptors (Lipinski definition) is 8. The third-order valence-electron chi connectivity index (χ3n) is 9.20. The van der Waals surface area contributed by atoms with Crippen molar-refractivity contribution in [1.29, 1.82) is 5.26 Å². The molecule has 3 atom stereocenters. The minimum Gasteiger partial charge on any atom is -0.508 e. The van der Waals surface area contributed by atoms with Gasteiger partial charge in [-0.05, 0) is 85.4 Å². The summed E-state index contributed by atoms with van der Waals surface area (Å²) in [6, 6.07) is 20.8. The van der Waals surface area contributed by atoms with Crippen LogP contribution in [0.3, 0.4) is 0 Å². The van der Waals surface area contributed by atoms with Crippen molar-refractivity contribution in [2.24, 2.45) is 0 Å². The third-order valence-corrected chi connectivity index (χ3v) is 9.20. The number of piperazine rings is 1. The number of likely N-dealkylation sites (tertiary alicyclic amines) is 2. The number of anilines is 1. The summed E-state index contributed by atoms with van der Waals surface area (Å²) in [6.07, 6.45) is 4.09. The van der Waals surface area contributed by atoms with Crippen molar-refractivity contribution >= 4 is 33.4 Å². The van der Waals surface area contributed by atoms with Gasteiger partial charge in [0.2, 0.25) is 5.91 Å². The zero-order valence-corrected chi connectivity index (χ0v) is 23.7. The second kappa shape index (κ2) is 10.8.